The number of hydrogen-bond acceptors (Lipinski definition) is 6. The van der Waals surface area contributed by atoms with Crippen molar-refractivity contribution in [3.8, 4) is 62.6 Å². The van der Waals surface area contributed by atoms with Gasteiger partial charge in [0.25, 0.3) is 0 Å². The van der Waals surface area contributed by atoms with Crippen molar-refractivity contribution < 1.29 is 0 Å². The molecule has 0 radical (unpaired) electrons. The highest BCUT2D eigenvalue weighted by Crippen LogP contribution is 2.35. The quantitative estimate of drug-likeness (QED) is 0.164. The van der Waals surface area contributed by atoms with Crippen molar-refractivity contribution in [1.82, 2.24) is 34.5 Å². The summed E-state index contributed by atoms with van der Waals surface area (Å²) in [7, 11) is 0. The second-order valence-electron chi connectivity index (χ2n) is 13.7. The van der Waals surface area contributed by atoms with Crippen LogP contribution in [0.4, 0.5) is 0 Å². The van der Waals surface area contributed by atoms with Crippen LogP contribution in [0.2, 0.25) is 0 Å². The van der Waals surface area contributed by atoms with Gasteiger partial charge in [0, 0.05) is 55.0 Å². The molecule has 2 aliphatic carbocycles. The minimum atomic E-state index is 0.576. The summed E-state index contributed by atoms with van der Waals surface area (Å²) in [6.07, 6.45) is 15.1. The highest BCUT2D eigenvalue weighted by Gasteiger charge is 2.23. The van der Waals surface area contributed by atoms with Crippen LogP contribution in [-0.4, -0.2) is 34.5 Å². The fourth-order valence-corrected chi connectivity index (χ4v) is 7.53. The van der Waals surface area contributed by atoms with Crippen molar-refractivity contribution >= 4 is 28.6 Å². The van der Waals surface area contributed by atoms with Crippen LogP contribution in [0.25, 0.3) is 91.3 Å². The van der Waals surface area contributed by atoms with Gasteiger partial charge in [-0.1, -0.05) is 140 Å². The van der Waals surface area contributed by atoms with Crippen LogP contribution < -0.4 is 10.6 Å². The maximum atomic E-state index is 5.28. The molecule has 0 saturated heterocycles. The molecular weight excluding hydrogens is 675 g/mol. The molecule has 5 aromatic carbocycles. The number of hydrogen-bond donors (Lipinski definition) is 0. The molecular formula is C48H35N7. The summed E-state index contributed by atoms with van der Waals surface area (Å²) in [5.74, 6) is 3.66. The van der Waals surface area contributed by atoms with Gasteiger partial charge in [-0.3, -0.25) is 0 Å². The molecule has 7 nitrogen and oxygen atoms in total. The van der Waals surface area contributed by atoms with E-state index in [0.717, 1.165) is 81.0 Å². The van der Waals surface area contributed by atoms with E-state index >= 15 is 0 Å². The number of rotatable bonds is 7. The number of para-hydroxylation sites is 1. The van der Waals surface area contributed by atoms with Gasteiger partial charge in [-0.15, -0.1) is 0 Å². The Morgan fingerprint density at radius 3 is 1.49 bits per heavy atom. The van der Waals surface area contributed by atoms with Crippen LogP contribution in [0.3, 0.4) is 0 Å². The van der Waals surface area contributed by atoms with Gasteiger partial charge in [0.15, 0.2) is 34.9 Å². The summed E-state index contributed by atoms with van der Waals surface area (Å²) in [6, 6.07) is 45.3. The van der Waals surface area contributed by atoms with Gasteiger partial charge in [0.05, 0.1) is 5.52 Å². The lowest BCUT2D eigenvalue weighted by molar-refractivity contribution is 1.00. The molecule has 0 amide bonds. The summed E-state index contributed by atoms with van der Waals surface area (Å²) in [5.41, 5.74) is 7.59. The monoisotopic (exact) mass is 709 g/mol. The standard InChI is InChI=1S/C48H35N7/c1-6-18-32(19-7-1)43-49-44(33-20-8-2-9-21-33)52-47(51-43)36-30-39-38-28-16-17-29-41(38)55(37-26-14-5-15-27-37)42(39)40(31-36)48-53-45(34-22-10-3-11-23-34)50-46(54-48)35-24-12-4-13-25-35/h1-3,5-12,14-15,18-31H,4,13,16-17H2. The Morgan fingerprint density at radius 1 is 0.418 bits per heavy atom. The summed E-state index contributed by atoms with van der Waals surface area (Å²) in [6.45, 7) is 0. The minimum absolute atomic E-state index is 0.576. The normalized spacial score (nSPS) is 13.5. The lowest BCUT2D eigenvalue weighted by atomic mass is 10.0. The van der Waals surface area contributed by atoms with Crippen LogP contribution in [0.1, 0.15) is 31.5 Å². The molecule has 0 bridgehead atoms. The molecule has 0 fully saturated rings. The molecule has 0 saturated carbocycles. The van der Waals surface area contributed by atoms with E-state index in [1.165, 1.54) is 5.22 Å². The topological polar surface area (TPSA) is 82.3 Å². The first kappa shape index (κ1) is 32.5. The Balaban J connectivity index is 1.31. The first-order chi connectivity index (χ1) is 27.3. The molecule has 7 heteroatoms. The van der Waals surface area contributed by atoms with Gasteiger partial charge in [-0.25, -0.2) is 29.9 Å². The van der Waals surface area contributed by atoms with Gasteiger partial charge in [0.1, 0.15) is 0 Å². The highest BCUT2D eigenvalue weighted by molar-refractivity contribution is 5.99. The second-order valence-corrected chi connectivity index (χ2v) is 13.7. The van der Waals surface area contributed by atoms with Crippen LogP contribution in [0.15, 0.2) is 152 Å². The zero-order chi connectivity index (χ0) is 36.6. The molecule has 3 heterocycles. The SMILES string of the molecule is C1=CC(c2nc(-c3ccccc3)nc(-c3cc(-c4nc(-c5ccccc5)nc(-c5ccccc5)n4)cc4c5c(n(-c6ccccc6)c34)=CCCC=5)n2)=CCC1. The number of benzene rings is 5. The maximum Gasteiger partial charge on any atom is 0.166 e. The lowest BCUT2D eigenvalue weighted by Gasteiger charge is -2.15. The maximum absolute atomic E-state index is 5.28. The van der Waals surface area contributed by atoms with Gasteiger partial charge < -0.3 is 4.57 Å². The highest BCUT2D eigenvalue weighted by atomic mass is 15.1. The molecule has 55 heavy (non-hydrogen) atoms. The van der Waals surface area contributed by atoms with Crippen molar-refractivity contribution in [2.45, 2.75) is 25.7 Å². The fraction of sp³-hybridized carbons (Fsp3) is 0.0833. The van der Waals surface area contributed by atoms with Gasteiger partial charge in [-0.2, -0.15) is 0 Å². The van der Waals surface area contributed by atoms with Crippen LogP contribution >= 0.6 is 0 Å². The van der Waals surface area contributed by atoms with Crippen molar-refractivity contribution in [3.05, 3.63) is 168 Å². The van der Waals surface area contributed by atoms with E-state index in [9.17, 15) is 0 Å². The van der Waals surface area contributed by atoms with Crippen molar-refractivity contribution in [2.24, 2.45) is 0 Å². The van der Waals surface area contributed by atoms with Crippen LogP contribution in [0.5, 0.6) is 0 Å². The molecule has 0 N–H and O–H groups in total. The van der Waals surface area contributed by atoms with E-state index in [2.05, 4.69) is 89.5 Å². The zero-order valence-corrected chi connectivity index (χ0v) is 30.0. The average molecular weight is 710 g/mol. The summed E-state index contributed by atoms with van der Waals surface area (Å²) >= 11 is 0. The molecule has 3 aromatic heterocycles. The van der Waals surface area contributed by atoms with Crippen molar-refractivity contribution in [1.29, 1.82) is 0 Å². The zero-order valence-electron chi connectivity index (χ0n) is 30.0. The largest absolute Gasteiger partial charge is 0.309 e. The number of aromatic nitrogens is 7. The van der Waals surface area contributed by atoms with Gasteiger partial charge in [0.2, 0.25) is 0 Å². The smallest absolute Gasteiger partial charge is 0.166 e. The Labute approximate surface area is 318 Å². The predicted molar refractivity (Wildman–Crippen MR) is 221 cm³/mol. The molecule has 0 aliphatic heterocycles. The predicted octanol–water partition coefficient (Wildman–Crippen LogP) is 9.42. The third-order valence-corrected chi connectivity index (χ3v) is 10.1. The third kappa shape index (κ3) is 6.15. The Bertz CT molecular complexity index is 2840. The second kappa shape index (κ2) is 14.0. The molecule has 10 rings (SSSR count). The molecule has 0 unspecified atom stereocenters. The third-order valence-electron chi connectivity index (χ3n) is 10.1. The fourth-order valence-electron chi connectivity index (χ4n) is 7.53. The van der Waals surface area contributed by atoms with Crippen LogP contribution in [-0.2, 0) is 0 Å². The van der Waals surface area contributed by atoms with Gasteiger partial charge >= 0.3 is 0 Å². The van der Waals surface area contributed by atoms with E-state index in [-0.39, 0.29) is 0 Å². The first-order valence-electron chi connectivity index (χ1n) is 18.8. The molecule has 0 atom stereocenters. The summed E-state index contributed by atoms with van der Waals surface area (Å²) in [4.78, 5) is 30.9. The van der Waals surface area contributed by atoms with E-state index in [4.69, 9.17) is 29.9 Å². The summed E-state index contributed by atoms with van der Waals surface area (Å²) in [5, 5.41) is 3.43. The number of fused-ring (bicyclic) bond motifs is 3. The van der Waals surface area contributed by atoms with Crippen LogP contribution in [0, 0.1) is 0 Å². The average Bonchev–Trinajstić information content (AvgIpc) is 3.61. The summed E-state index contributed by atoms with van der Waals surface area (Å²) < 4.78 is 2.36. The molecule has 0 spiro atoms. The Hall–Kier alpha value is -7.12. The molecule has 262 valence electrons. The van der Waals surface area contributed by atoms with E-state index in [1.807, 2.05) is 78.9 Å². The molecule has 2 aliphatic rings. The number of nitrogens with zero attached hydrogens (tertiary/aromatic N) is 7. The molecule has 8 aromatic rings. The minimum Gasteiger partial charge on any atom is -0.309 e. The van der Waals surface area contributed by atoms with E-state index < -0.39 is 0 Å². The first-order valence-corrected chi connectivity index (χ1v) is 18.8. The Morgan fingerprint density at radius 2 is 0.909 bits per heavy atom. The van der Waals surface area contributed by atoms with Crippen molar-refractivity contribution in [3.63, 3.8) is 0 Å². The van der Waals surface area contributed by atoms with E-state index in [0.29, 0.717) is 34.9 Å². The Kier molecular flexibility index (Phi) is 8.29. The van der Waals surface area contributed by atoms with Gasteiger partial charge in [-0.05, 0) is 49.9 Å². The van der Waals surface area contributed by atoms with E-state index in [1.54, 1.807) is 0 Å². The van der Waals surface area contributed by atoms with Crippen molar-refractivity contribution in [2.75, 3.05) is 0 Å². The lowest BCUT2D eigenvalue weighted by Crippen LogP contribution is -2.30. The number of allylic oxidation sites excluding steroid dienone is 4.